The zero-order valence-electron chi connectivity index (χ0n) is 18.4. The molecule has 8 heteroatoms. The molecule has 0 bridgehead atoms. The van der Waals surface area contributed by atoms with E-state index in [1.807, 2.05) is 25.1 Å². The van der Waals surface area contributed by atoms with E-state index in [-0.39, 0.29) is 29.4 Å². The molecule has 0 radical (unpaired) electrons. The molecule has 3 rings (SSSR count). The molecule has 8 nitrogen and oxygen atoms in total. The van der Waals surface area contributed by atoms with Gasteiger partial charge in [-0.25, -0.2) is 9.78 Å². The number of carbonyl (C=O) groups excluding carboxylic acids is 1. The number of nitriles is 2. The largest absolute Gasteiger partial charge is 0.329 e. The molecule has 0 aliphatic rings. The van der Waals surface area contributed by atoms with Gasteiger partial charge in [-0.1, -0.05) is 19.9 Å². The van der Waals surface area contributed by atoms with Crippen LogP contribution in [-0.2, 0) is 6.54 Å². The molecule has 3 aromatic rings. The van der Waals surface area contributed by atoms with Crippen molar-refractivity contribution in [2.24, 2.45) is 0 Å². The first-order valence-electron chi connectivity index (χ1n) is 10.2. The van der Waals surface area contributed by atoms with Crippen LogP contribution in [0, 0.1) is 29.6 Å². The molecular weight excluding hydrogens is 418 g/mol. The van der Waals surface area contributed by atoms with Crippen molar-refractivity contribution >= 4 is 11.9 Å². The lowest BCUT2D eigenvalue weighted by molar-refractivity contribution is 0.102. The van der Waals surface area contributed by atoms with Crippen molar-refractivity contribution in [1.29, 1.82) is 10.5 Å². The summed E-state index contributed by atoms with van der Waals surface area (Å²) in [7, 11) is 0. The van der Waals surface area contributed by atoms with Crippen LogP contribution in [0.1, 0.15) is 63.8 Å². The zero-order valence-corrected chi connectivity index (χ0v) is 18.4. The van der Waals surface area contributed by atoms with E-state index >= 15 is 0 Å². The van der Waals surface area contributed by atoms with E-state index in [1.165, 1.54) is 22.9 Å². The minimum Gasteiger partial charge on any atom is -0.287 e. The molecule has 0 aliphatic heterocycles. The van der Waals surface area contributed by atoms with E-state index in [0.29, 0.717) is 16.7 Å². The Morgan fingerprint density at radius 3 is 2.64 bits per heavy atom. The highest BCUT2D eigenvalue weighted by Gasteiger charge is 2.25. The summed E-state index contributed by atoms with van der Waals surface area (Å²) in [5.41, 5.74) is 1.35. The first-order chi connectivity index (χ1) is 15.7. The molecule has 0 amide bonds. The molecule has 2 aromatic heterocycles. The fourth-order valence-electron chi connectivity index (χ4n) is 3.64. The number of aromatic nitrogens is 3. The van der Waals surface area contributed by atoms with E-state index in [4.69, 9.17) is 10.5 Å². The molecule has 0 saturated heterocycles. The summed E-state index contributed by atoms with van der Waals surface area (Å²) in [5, 5.41) is 18.0. The summed E-state index contributed by atoms with van der Waals surface area (Å²) in [6.07, 6.45) is 4.34. The molecule has 1 aromatic carbocycles. The van der Waals surface area contributed by atoms with Crippen LogP contribution in [0.3, 0.4) is 0 Å². The topological polar surface area (TPSA) is 132 Å². The van der Waals surface area contributed by atoms with Crippen molar-refractivity contribution < 1.29 is 4.79 Å². The third kappa shape index (κ3) is 5.03. The number of carbonyl (C=O) groups is 1. The number of nitrogens with zero attached hydrogens (tertiary/aromatic N) is 4. The maximum atomic E-state index is 13.7. The highest BCUT2D eigenvalue weighted by molar-refractivity contribution is 6.09. The van der Waals surface area contributed by atoms with Crippen molar-refractivity contribution in [2.45, 2.75) is 33.2 Å². The van der Waals surface area contributed by atoms with E-state index < -0.39 is 17.0 Å². The van der Waals surface area contributed by atoms with Crippen LogP contribution in [-0.4, -0.2) is 20.3 Å². The van der Waals surface area contributed by atoms with Gasteiger partial charge in [0, 0.05) is 23.4 Å². The Morgan fingerprint density at radius 2 is 1.97 bits per heavy atom. The molecule has 0 aliphatic carbocycles. The lowest BCUT2D eigenvalue weighted by Crippen LogP contribution is -2.38. The smallest absolute Gasteiger partial charge is 0.287 e. The normalized spacial score (nSPS) is 10.8. The lowest BCUT2D eigenvalue weighted by Gasteiger charge is -2.18. The fraction of sp³-hybridized carbons (Fsp3) is 0.200. The first-order valence-corrected chi connectivity index (χ1v) is 10.2. The summed E-state index contributed by atoms with van der Waals surface area (Å²) in [6.45, 7) is 5.33. The maximum absolute atomic E-state index is 13.7. The van der Waals surface area contributed by atoms with Gasteiger partial charge >= 0.3 is 5.69 Å². The number of rotatable bonds is 6. The van der Waals surface area contributed by atoms with Gasteiger partial charge in [-0.05, 0) is 59.9 Å². The Labute approximate surface area is 190 Å². The average molecular weight is 439 g/mol. The van der Waals surface area contributed by atoms with Gasteiger partial charge in [0.25, 0.3) is 5.56 Å². The van der Waals surface area contributed by atoms with Crippen molar-refractivity contribution in [1.82, 2.24) is 14.5 Å². The SMILES string of the molecule is Cc1cc(/C=C/C#N)cc(C(=O)c2c(C(C)C)c(=O)[nH]c(=O)n2Cc2ccnc(C#N)c2)c1. The molecule has 33 heavy (non-hydrogen) atoms. The Balaban J connectivity index is 2.26. The van der Waals surface area contributed by atoms with Gasteiger partial charge in [-0.15, -0.1) is 0 Å². The number of aryl methyl sites for hydroxylation is 1. The van der Waals surface area contributed by atoms with Crippen LogP contribution in [0.15, 0.2) is 52.2 Å². The molecule has 0 fully saturated rings. The summed E-state index contributed by atoms with van der Waals surface area (Å²) >= 11 is 0. The molecule has 1 N–H and O–H groups in total. The number of hydrogen-bond donors (Lipinski definition) is 1. The van der Waals surface area contributed by atoms with Crippen LogP contribution >= 0.6 is 0 Å². The Hall–Kier alpha value is -4.56. The third-order valence-corrected chi connectivity index (χ3v) is 5.02. The number of nitrogens with one attached hydrogen (secondary N) is 1. The highest BCUT2D eigenvalue weighted by atomic mass is 16.2. The van der Waals surface area contributed by atoms with Crippen LogP contribution in [0.2, 0.25) is 0 Å². The van der Waals surface area contributed by atoms with Gasteiger partial charge in [-0.2, -0.15) is 10.5 Å². The number of benzene rings is 1. The average Bonchev–Trinajstić information content (AvgIpc) is 2.78. The number of aromatic amines is 1. The van der Waals surface area contributed by atoms with Crippen LogP contribution in [0.5, 0.6) is 0 Å². The molecule has 2 heterocycles. The minimum atomic E-state index is -0.722. The van der Waals surface area contributed by atoms with Crippen LogP contribution < -0.4 is 11.2 Å². The van der Waals surface area contributed by atoms with Crippen molar-refractivity contribution in [3.8, 4) is 12.1 Å². The monoisotopic (exact) mass is 439 g/mol. The van der Waals surface area contributed by atoms with Crippen LogP contribution in [0.4, 0.5) is 0 Å². The quantitative estimate of drug-likeness (QED) is 0.464. The van der Waals surface area contributed by atoms with Crippen molar-refractivity contribution in [3.63, 3.8) is 0 Å². The Bertz CT molecular complexity index is 1460. The van der Waals surface area contributed by atoms with Crippen molar-refractivity contribution in [3.05, 3.63) is 103 Å². The Kier molecular flexibility index (Phi) is 6.80. The van der Waals surface area contributed by atoms with Gasteiger partial charge < -0.3 is 0 Å². The van der Waals surface area contributed by atoms with E-state index in [0.717, 1.165) is 5.56 Å². The molecular formula is C25H21N5O3. The molecule has 0 saturated carbocycles. The third-order valence-electron chi connectivity index (χ3n) is 5.02. The zero-order chi connectivity index (χ0) is 24.1. The van der Waals surface area contributed by atoms with Gasteiger partial charge in [0.05, 0.1) is 12.6 Å². The van der Waals surface area contributed by atoms with E-state index in [2.05, 4.69) is 9.97 Å². The molecule has 164 valence electrons. The van der Waals surface area contributed by atoms with Gasteiger partial charge in [0.2, 0.25) is 5.78 Å². The molecule has 0 unspecified atom stereocenters. The molecule has 0 spiro atoms. The minimum absolute atomic E-state index is 0.00474. The molecule has 0 atom stereocenters. The highest BCUT2D eigenvalue weighted by Crippen LogP contribution is 2.21. The fourth-order valence-corrected chi connectivity index (χ4v) is 3.64. The second kappa shape index (κ2) is 9.71. The lowest BCUT2D eigenvalue weighted by atomic mass is 9.95. The standard InChI is InChI=1S/C25H21N5O3/c1-15(2)21-22(23(31)19-10-16(3)9-17(11-19)5-4-7-26)30(25(33)29-24(21)32)14-18-6-8-28-20(12-18)13-27/h4-6,8-12,15H,14H2,1-3H3,(H,29,32,33)/b5-4+. The number of ketones is 1. The van der Waals surface area contributed by atoms with Crippen LogP contribution in [0.25, 0.3) is 6.08 Å². The van der Waals surface area contributed by atoms with Crippen molar-refractivity contribution in [2.75, 3.05) is 0 Å². The number of H-pyrrole nitrogens is 1. The number of allylic oxidation sites excluding steroid dienone is 1. The van der Waals surface area contributed by atoms with Gasteiger partial charge in [0.15, 0.2) is 0 Å². The van der Waals surface area contributed by atoms with Gasteiger partial charge in [0.1, 0.15) is 17.5 Å². The number of hydrogen-bond acceptors (Lipinski definition) is 6. The predicted octanol–water partition coefficient (Wildman–Crippen LogP) is 3.05. The second-order valence-electron chi connectivity index (χ2n) is 7.85. The van der Waals surface area contributed by atoms with E-state index in [1.54, 1.807) is 38.1 Å². The summed E-state index contributed by atoms with van der Waals surface area (Å²) in [6, 6.07) is 12.1. The van der Waals surface area contributed by atoms with E-state index in [9.17, 15) is 14.4 Å². The maximum Gasteiger partial charge on any atom is 0.329 e. The summed E-state index contributed by atoms with van der Waals surface area (Å²) in [4.78, 5) is 45.5. The summed E-state index contributed by atoms with van der Waals surface area (Å²) < 4.78 is 1.22. The Morgan fingerprint density at radius 1 is 1.21 bits per heavy atom. The predicted molar refractivity (Wildman–Crippen MR) is 123 cm³/mol. The summed E-state index contributed by atoms with van der Waals surface area (Å²) in [5.74, 6) is -0.818. The van der Waals surface area contributed by atoms with Gasteiger partial charge in [-0.3, -0.25) is 19.1 Å². The number of pyridine rings is 1. The second-order valence-corrected chi connectivity index (χ2v) is 7.85. The first kappa shape index (κ1) is 23.1.